The molecule has 0 unspecified atom stereocenters. The summed E-state index contributed by atoms with van der Waals surface area (Å²) in [5.41, 5.74) is 0.436. The number of carbonyl (C=O) groups is 2. The molecule has 0 heterocycles. The zero-order valence-electron chi connectivity index (χ0n) is 13.5. The molecule has 0 spiro atoms. The first-order chi connectivity index (χ1) is 11.6. The van der Waals surface area contributed by atoms with Gasteiger partial charge in [-0.05, 0) is 25.0 Å². The Morgan fingerprint density at radius 3 is 2.71 bits per heavy atom. The van der Waals surface area contributed by atoms with Crippen molar-refractivity contribution >= 4 is 17.6 Å². The van der Waals surface area contributed by atoms with Crippen LogP contribution in [0.2, 0.25) is 0 Å². The van der Waals surface area contributed by atoms with Crippen LogP contribution in [0.15, 0.2) is 36.0 Å². The second kappa shape index (κ2) is 10.7. The standard InChI is InChI=1S/C17H21N3O4/c1-24-15-8-5-4-7-14(15)20-17(23)13(11-18)12-19-10-6-2-3-9-16(21)22/h4-5,7-8,12,19H,2-3,6,9-10H2,1H3,(H,20,23)(H,21,22)/b13-12-. The van der Waals surface area contributed by atoms with Gasteiger partial charge >= 0.3 is 5.97 Å². The van der Waals surface area contributed by atoms with Gasteiger partial charge in [-0.2, -0.15) is 5.26 Å². The summed E-state index contributed by atoms with van der Waals surface area (Å²) < 4.78 is 5.14. The predicted octanol–water partition coefficient (Wildman–Crippen LogP) is 2.28. The zero-order chi connectivity index (χ0) is 17.8. The molecule has 7 heteroatoms. The minimum absolute atomic E-state index is 0.0496. The van der Waals surface area contributed by atoms with E-state index in [9.17, 15) is 9.59 Å². The number of hydrogen-bond donors (Lipinski definition) is 3. The number of nitrogens with one attached hydrogen (secondary N) is 2. The number of amides is 1. The molecule has 0 aliphatic heterocycles. The van der Waals surface area contributed by atoms with E-state index in [0.29, 0.717) is 24.4 Å². The first-order valence-electron chi connectivity index (χ1n) is 7.58. The maximum absolute atomic E-state index is 12.1. The highest BCUT2D eigenvalue weighted by molar-refractivity contribution is 6.07. The number of anilines is 1. The van der Waals surface area contributed by atoms with Crippen LogP contribution in [0.5, 0.6) is 5.75 Å². The number of ether oxygens (including phenoxy) is 1. The topological polar surface area (TPSA) is 111 Å². The molecule has 7 nitrogen and oxygen atoms in total. The molecule has 0 fully saturated rings. The molecule has 1 aromatic carbocycles. The van der Waals surface area contributed by atoms with Crippen molar-refractivity contribution < 1.29 is 19.4 Å². The quantitative estimate of drug-likeness (QED) is 0.344. The molecule has 0 radical (unpaired) electrons. The minimum atomic E-state index is -0.803. The summed E-state index contributed by atoms with van der Waals surface area (Å²) in [5.74, 6) is -0.822. The van der Waals surface area contributed by atoms with E-state index in [1.54, 1.807) is 24.3 Å². The average Bonchev–Trinajstić information content (AvgIpc) is 2.57. The van der Waals surface area contributed by atoms with Crippen molar-refractivity contribution in [3.8, 4) is 11.8 Å². The van der Waals surface area contributed by atoms with Crippen molar-refractivity contribution in [3.63, 3.8) is 0 Å². The van der Waals surface area contributed by atoms with Crippen molar-refractivity contribution in [1.29, 1.82) is 5.26 Å². The second-order valence-corrected chi connectivity index (χ2v) is 4.98. The normalized spacial score (nSPS) is 10.6. The number of rotatable bonds is 10. The molecule has 24 heavy (non-hydrogen) atoms. The fourth-order valence-corrected chi connectivity index (χ4v) is 1.94. The van der Waals surface area contributed by atoms with Crippen LogP contribution in [-0.2, 0) is 9.59 Å². The molecule has 0 saturated heterocycles. The number of nitrogens with zero attached hydrogens (tertiary/aromatic N) is 1. The van der Waals surface area contributed by atoms with Crippen LogP contribution in [0.25, 0.3) is 0 Å². The Bertz CT molecular complexity index is 635. The van der Waals surface area contributed by atoms with Gasteiger partial charge in [0.05, 0.1) is 12.8 Å². The third kappa shape index (κ3) is 6.83. The third-order valence-electron chi connectivity index (χ3n) is 3.18. The van der Waals surface area contributed by atoms with Crippen LogP contribution in [-0.4, -0.2) is 30.6 Å². The highest BCUT2D eigenvalue weighted by Crippen LogP contribution is 2.23. The Morgan fingerprint density at radius 1 is 1.29 bits per heavy atom. The first-order valence-corrected chi connectivity index (χ1v) is 7.58. The van der Waals surface area contributed by atoms with Crippen molar-refractivity contribution in [3.05, 3.63) is 36.0 Å². The largest absolute Gasteiger partial charge is 0.495 e. The number of nitriles is 1. The average molecular weight is 331 g/mol. The number of unbranched alkanes of at least 4 members (excludes halogenated alkanes) is 2. The Kier molecular flexibility index (Phi) is 8.47. The fraction of sp³-hybridized carbons (Fsp3) is 0.353. The summed E-state index contributed by atoms with van der Waals surface area (Å²) in [6.45, 7) is 0.562. The van der Waals surface area contributed by atoms with Crippen LogP contribution in [0.3, 0.4) is 0 Å². The predicted molar refractivity (Wildman–Crippen MR) is 89.4 cm³/mol. The molecule has 0 aliphatic rings. The van der Waals surface area contributed by atoms with E-state index < -0.39 is 11.9 Å². The summed E-state index contributed by atoms with van der Waals surface area (Å²) in [4.78, 5) is 22.5. The monoisotopic (exact) mass is 331 g/mol. The molecule has 1 amide bonds. The number of aliphatic carboxylic acids is 1. The van der Waals surface area contributed by atoms with Gasteiger partial charge in [-0.15, -0.1) is 0 Å². The summed E-state index contributed by atoms with van der Waals surface area (Å²) in [7, 11) is 1.50. The van der Waals surface area contributed by atoms with Gasteiger partial charge in [-0.25, -0.2) is 0 Å². The van der Waals surface area contributed by atoms with Gasteiger partial charge in [0.15, 0.2) is 0 Å². The van der Waals surface area contributed by atoms with Crippen LogP contribution < -0.4 is 15.4 Å². The Hall–Kier alpha value is -3.01. The van der Waals surface area contributed by atoms with Gasteiger partial charge in [0.2, 0.25) is 0 Å². The van der Waals surface area contributed by atoms with E-state index in [-0.39, 0.29) is 12.0 Å². The van der Waals surface area contributed by atoms with Crippen LogP contribution in [0.4, 0.5) is 5.69 Å². The van der Waals surface area contributed by atoms with Gasteiger partial charge < -0.3 is 20.5 Å². The smallest absolute Gasteiger partial charge is 0.303 e. The third-order valence-corrected chi connectivity index (χ3v) is 3.18. The van der Waals surface area contributed by atoms with Gasteiger partial charge in [-0.1, -0.05) is 18.6 Å². The van der Waals surface area contributed by atoms with E-state index in [2.05, 4.69) is 10.6 Å². The highest BCUT2D eigenvalue weighted by Gasteiger charge is 2.11. The van der Waals surface area contributed by atoms with E-state index in [1.165, 1.54) is 13.3 Å². The number of carboxylic acids is 1. The van der Waals surface area contributed by atoms with Crippen molar-refractivity contribution in [2.45, 2.75) is 25.7 Å². The maximum Gasteiger partial charge on any atom is 0.303 e. The summed E-state index contributed by atoms with van der Waals surface area (Å²) in [6, 6.07) is 8.77. The van der Waals surface area contributed by atoms with Crippen molar-refractivity contribution in [1.82, 2.24) is 5.32 Å². The Balaban J connectivity index is 2.46. The molecule has 0 bridgehead atoms. The molecule has 1 aromatic rings. The lowest BCUT2D eigenvalue weighted by atomic mass is 10.2. The van der Waals surface area contributed by atoms with Gasteiger partial charge in [0.25, 0.3) is 5.91 Å². The fourth-order valence-electron chi connectivity index (χ4n) is 1.94. The molecule has 1 rings (SSSR count). The van der Waals surface area contributed by atoms with Gasteiger partial charge in [0, 0.05) is 19.2 Å². The van der Waals surface area contributed by atoms with Gasteiger partial charge in [0.1, 0.15) is 17.4 Å². The number of hydrogen-bond acceptors (Lipinski definition) is 5. The minimum Gasteiger partial charge on any atom is -0.495 e. The lowest BCUT2D eigenvalue weighted by molar-refractivity contribution is -0.137. The molecule has 128 valence electrons. The summed E-state index contributed by atoms with van der Waals surface area (Å²) >= 11 is 0. The molecular weight excluding hydrogens is 310 g/mol. The number of carbonyl (C=O) groups excluding carboxylic acids is 1. The SMILES string of the molecule is COc1ccccc1NC(=O)/C(C#N)=C\NCCCCCC(=O)O. The lowest BCUT2D eigenvalue weighted by Gasteiger charge is -2.09. The van der Waals surface area contributed by atoms with Gasteiger partial charge in [-0.3, -0.25) is 9.59 Å². The Morgan fingerprint density at radius 2 is 2.04 bits per heavy atom. The molecule has 0 saturated carbocycles. The number of benzene rings is 1. The molecule has 0 atom stereocenters. The first kappa shape index (κ1) is 19.0. The Labute approximate surface area is 140 Å². The number of methoxy groups -OCH3 is 1. The van der Waals surface area contributed by atoms with E-state index >= 15 is 0 Å². The molecule has 3 N–H and O–H groups in total. The number of para-hydroxylation sites is 2. The highest BCUT2D eigenvalue weighted by atomic mass is 16.5. The second-order valence-electron chi connectivity index (χ2n) is 4.98. The number of carboxylic acid groups (broad SMARTS) is 1. The zero-order valence-corrected chi connectivity index (χ0v) is 13.5. The van der Waals surface area contributed by atoms with Crippen LogP contribution in [0.1, 0.15) is 25.7 Å². The van der Waals surface area contributed by atoms with Crippen LogP contribution >= 0.6 is 0 Å². The molecule has 0 aromatic heterocycles. The summed E-state index contributed by atoms with van der Waals surface area (Å²) in [6.07, 6.45) is 3.65. The van der Waals surface area contributed by atoms with E-state index in [0.717, 1.165) is 12.8 Å². The van der Waals surface area contributed by atoms with E-state index in [1.807, 2.05) is 6.07 Å². The van der Waals surface area contributed by atoms with Crippen molar-refractivity contribution in [2.75, 3.05) is 19.0 Å². The van der Waals surface area contributed by atoms with Crippen molar-refractivity contribution in [2.24, 2.45) is 0 Å². The molecular formula is C17H21N3O4. The maximum atomic E-state index is 12.1. The van der Waals surface area contributed by atoms with E-state index in [4.69, 9.17) is 15.1 Å². The summed E-state index contributed by atoms with van der Waals surface area (Å²) in [5, 5.41) is 23.1. The van der Waals surface area contributed by atoms with Crippen LogP contribution in [0, 0.1) is 11.3 Å². The molecule has 0 aliphatic carbocycles. The lowest BCUT2D eigenvalue weighted by Crippen LogP contribution is -2.17.